The third kappa shape index (κ3) is 1.92. The first-order valence-electron chi connectivity index (χ1n) is 7.46. The van der Waals surface area contributed by atoms with Gasteiger partial charge in [0.25, 0.3) is 0 Å². The first-order valence-corrected chi connectivity index (χ1v) is 8.51. The van der Waals surface area contributed by atoms with Crippen molar-refractivity contribution in [1.82, 2.24) is 9.80 Å². The van der Waals surface area contributed by atoms with E-state index in [4.69, 9.17) is 5.73 Å². The van der Waals surface area contributed by atoms with Gasteiger partial charge in [-0.2, -0.15) is 11.8 Å². The summed E-state index contributed by atoms with van der Waals surface area (Å²) in [4.78, 5) is 5.40. The van der Waals surface area contributed by atoms with E-state index in [1.165, 1.54) is 44.5 Å². The van der Waals surface area contributed by atoms with Gasteiger partial charge in [0, 0.05) is 42.5 Å². The maximum absolute atomic E-state index is 6.21. The average Bonchev–Trinajstić information content (AvgIpc) is 2.82. The van der Waals surface area contributed by atoms with Gasteiger partial charge in [0.05, 0.1) is 0 Å². The second-order valence-corrected chi connectivity index (χ2v) is 7.80. The monoisotopic (exact) mass is 269 g/mol. The quantitative estimate of drug-likeness (QED) is 0.821. The Hall–Kier alpha value is 0.230. The lowest BCUT2D eigenvalue weighted by atomic mass is 9.89. The van der Waals surface area contributed by atoms with Gasteiger partial charge in [-0.1, -0.05) is 6.92 Å². The van der Waals surface area contributed by atoms with Gasteiger partial charge in [0.1, 0.15) is 0 Å². The van der Waals surface area contributed by atoms with E-state index < -0.39 is 0 Å². The highest BCUT2D eigenvalue weighted by Crippen LogP contribution is 2.42. The Morgan fingerprint density at radius 3 is 2.72 bits per heavy atom. The van der Waals surface area contributed by atoms with Crippen molar-refractivity contribution in [3.05, 3.63) is 0 Å². The van der Waals surface area contributed by atoms with E-state index >= 15 is 0 Å². The van der Waals surface area contributed by atoms with Crippen molar-refractivity contribution in [2.75, 3.05) is 32.4 Å². The second kappa shape index (κ2) is 4.97. The Morgan fingerprint density at radius 2 is 2.06 bits per heavy atom. The van der Waals surface area contributed by atoms with Crippen LogP contribution in [0.2, 0.25) is 0 Å². The SMILES string of the molecule is CC1SCCC1(CN)N1CCC2CCC(C1)N2C. The molecule has 4 heteroatoms. The van der Waals surface area contributed by atoms with Crippen LogP contribution in [0.25, 0.3) is 0 Å². The third-order valence-electron chi connectivity index (χ3n) is 5.79. The van der Waals surface area contributed by atoms with Crippen LogP contribution in [0.15, 0.2) is 0 Å². The third-order valence-corrected chi connectivity index (χ3v) is 7.17. The summed E-state index contributed by atoms with van der Waals surface area (Å²) < 4.78 is 0. The van der Waals surface area contributed by atoms with E-state index in [9.17, 15) is 0 Å². The Morgan fingerprint density at radius 1 is 1.28 bits per heavy atom. The summed E-state index contributed by atoms with van der Waals surface area (Å²) in [5.41, 5.74) is 6.49. The molecule has 4 unspecified atom stereocenters. The Balaban J connectivity index is 1.80. The van der Waals surface area contributed by atoms with Crippen LogP contribution in [-0.4, -0.2) is 65.1 Å². The molecule has 3 rings (SSSR count). The first-order chi connectivity index (χ1) is 8.67. The summed E-state index contributed by atoms with van der Waals surface area (Å²) in [6, 6.07) is 1.61. The molecule has 104 valence electrons. The molecule has 0 amide bonds. The molecule has 0 aliphatic carbocycles. The number of thioether (sulfide) groups is 1. The van der Waals surface area contributed by atoms with Gasteiger partial charge < -0.3 is 5.73 Å². The van der Waals surface area contributed by atoms with Gasteiger partial charge in [0.2, 0.25) is 0 Å². The fourth-order valence-electron chi connectivity index (χ4n) is 4.30. The van der Waals surface area contributed by atoms with Crippen LogP contribution in [0.3, 0.4) is 0 Å². The van der Waals surface area contributed by atoms with Crippen LogP contribution in [-0.2, 0) is 0 Å². The van der Waals surface area contributed by atoms with Gasteiger partial charge in [-0.15, -0.1) is 0 Å². The smallest absolute Gasteiger partial charge is 0.0455 e. The minimum atomic E-state index is 0.288. The molecule has 0 aromatic rings. The second-order valence-electron chi connectivity index (χ2n) is 6.36. The lowest BCUT2D eigenvalue weighted by Crippen LogP contribution is -2.59. The molecule has 3 heterocycles. The molecule has 3 saturated heterocycles. The minimum Gasteiger partial charge on any atom is -0.329 e. The van der Waals surface area contributed by atoms with Crippen LogP contribution < -0.4 is 5.73 Å². The van der Waals surface area contributed by atoms with Gasteiger partial charge >= 0.3 is 0 Å². The van der Waals surface area contributed by atoms with Gasteiger partial charge in [-0.3, -0.25) is 9.80 Å². The molecular formula is C14H27N3S. The topological polar surface area (TPSA) is 32.5 Å². The van der Waals surface area contributed by atoms with Crippen molar-refractivity contribution < 1.29 is 0 Å². The molecule has 3 fully saturated rings. The standard InChI is InChI=1S/C14H27N3S/c1-11-14(10-15,6-8-18-11)17-7-5-12-3-4-13(9-17)16(12)2/h11-13H,3-10,15H2,1-2H3. The van der Waals surface area contributed by atoms with Crippen LogP contribution in [0, 0.1) is 0 Å². The molecule has 4 atom stereocenters. The summed E-state index contributed by atoms with van der Waals surface area (Å²) in [5.74, 6) is 1.29. The van der Waals surface area contributed by atoms with E-state index in [2.05, 4.69) is 35.5 Å². The maximum atomic E-state index is 6.21. The average molecular weight is 269 g/mol. The number of likely N-dealkylation sites (tertiary alicyclic amines) is 1. The molecule has 18 heavy (non-hydrogen) atoms. The summed E-state index contributed by atoms with van der Waals surface area (Å²) in [6.07, 6.45) is 5.43. The highest BCUT2D eigenvalue weighted by molar-refractivity contribution is 8.00. The molecular weight excluding hydrogens is 242 g/mol. The summed E-state index contributed by atoms with van der Waals surface area (Å²) in [6.45, 7) is 5.72. The Labute approximate surface area is 115 Å². The zero-order valence-electron chi connectivity index (χ0n) is 11.8. The van der Waals surface area contributed by atoms with E-state index in [1.54, 1.807) is 0 Å². The van der Waals surface area contributed by atoms with Gasteiger partial charge in [-0.25, -0.2) is 0 Å². The zero-order valence-corrected chi connectivity index (χ0v) is 12.6. The summed E-state index contributed by atoms with van der Waals surface area (Å²) in [7, 11) is 2.33. The zero-order chi connectivity index (χ0) is 12.8. The molecule has 3 aliphatic rings. The Bertz CT molecular complexity index is 311. The maximum Gasteiger partial charge on any atom is 0.0455 e. The number of fused-ring (bicyclic) bond motifs is 2. The van der Waals surface area contributed by atoms with Crippen molar-refractivity contribution in [1.29, 1.82) is 0 Å². The number of likely N-dealkylation sites (N-methyl/N-ethyl adjacent to an activating group) is 1. The molecule has 2 bridgehead atoms. The predicted molar refractivity (Wildman–Crippen MR) is 79.1 cm³/mol. The van der Waals surface area contributed by atoms with Gasteiger partial charge in [0.15, 0.2) is 0 Å². The normalized spacial score (nSPS) is 46.5. The lowest BCUT2D eigenvalue weighted by Gasteiger charge is -2.44. The summed E-state index contributed by atoms with van der Waals surface area (Å²) >= 11 is 2.11. The van der Waals surface area contributed by atoms with Crippen molar-refractivity contribution in [3.63, 3.8) is 0 Å². The highest BCUT2D eigenvalue weighted by atomic mass is 32.2. The lowest BCUT2D eigenvalue weighted by molar-refractivity contribution is 0.0858. The fourth-order valence-corrected chi connectivity index (χ4v) is 5.79. The van der Waals surface area contributed by atoms with Crippen molar-refractivity contribution >= 4 is 11.8 Å². The van der Waals surface area contributed by atoms with Crippen molar-refractivity contribution in [2.45, 2.75) is 55.5 Å². The first kappa shape index (κ1) is 13.2. The van der Waals surface area contributed by atoms with E-state index in [0.29, 0.717) is 5.25 Å². The number of nitrogens with two attached hydrogens (primary N) is 1. The van der Waals surface area contributed by atoms with Crippen molar-refractivity contribution in [2.24, 2.45) is 5.73 Å². The molecule has 0 radical (unpaired) electrons. The Kier molecular flexibility index (Phi) is 3.65. The van der Waals surface area contributed by atoms with E-state index in [1.807, 2.05) is 0 Å². The van der Waals surface area contributed by atoms with Crippen LogP contribution in [0.5, 0.6) is 0 Å². The predicted octanol–water partition coefficient (Wildman–Crippen LogP) is 1.38. The molecule has 0 aromatic heterocycles. The fraction of sp³-hybridized carbons (Fsp3) is 1.00. The largest absolute Gasteiger partial charge is 0.329 e. The molecule has 3 aliphatic heterocycles. The molecule has 3 nitrogen and oxygen atoms in total. The summed E-state index contributed by atoms with van der Waals surface area (Å²) in [5, 5.41) is 0.699. The molecule has 2 N–H and O–H groups in total. The van der Waals surface area contributed by atoms with Crippen molar-refractivity contribution in [3.8, 4) is 0 Å². The minimum absolute atomic E-state index is 0.288. The van der Waals surface area contributed by atoms with Crippen LogP contribution in [0.4, 0.5) is 0 Å². The van der Waals surface area contributed by atoms with Crippen LogP contribution >= 0.6 is 11.8 Å². The van der Waals surface area contributed by atoms with Gasteiger partial charge in [-0.05, 0) is 38.5 Å². The molecule has 0 saturated carbocycles. The van der Waals surface area contributed by atoms with E-state index in [0.717, 1.165) is 18.6 Å². The highest BCUT2D eigenvalue weighted by Gasteiger charge is 2.47. The number of hydrogen-bond donors (Lipinski definition) is 1. The number of rotatable bonds is 2. The van der Waals surface area contributed by atoms with E-state index in [-0.39, 0.29) is 5.54 Å². The van der Waals surface area contributed by atoms with Crippen LogP contribution in [0.1, 0.15) is 32.6 Å². The molecule has 0 aromatic carbocycles. The number of nitrogens with zero attached hydrogens (tertiary/aromatic N) is 2. The number of hydrogen-bond acceptors (Lipinski definition) is 4. The molecule has 0 spiro atoms.